The van der Waals surface area contributed by atoms with Crippen LogP contribution >= 0.6 is 15.9 Å². The quantitative estimate of drug-likeness (QED) is 0.774. The van der Waals surface area contributed by atoms with Crippen molar-refractivity contribution in [2.24, 2.45) is 0 Å². The van der Waals surface area contributed by atoms with Crippen LogP contribution in [0.3, 0.4) is 0 Å². The van der Waals surface area contributed by atoms with Crippen LogP contribution in [0.4, 0.5) is 13.2 Å². The summed E-state index contributed by atoms with van der Waals surface area (Å²) in [6.45, 7) is 1.67. The monoisotopic (exact) mass is 308 g/mol. The summed E-state index contributed by atoms with van der Waals surface area (Å²) < 4.78 is 38.2. The van der Waals surface area contributed by atoms with Gasteiger partial charge in [-0.15, -0.1) is 0 Å². The first-order chi connectivity index (χ1) is 7.88. The Morgan fingerprint density at radius 3 is 2.47 bits per heavy atom. The molecule has 1 aromatic rings. The van der Waals surface area contributed by atoms with E-state index in [-0.39, 0.29) is 23.1 Å². The molecular formula is C12H12BrF3O. The Labute approximate surface area is 106 Å². The van der Waals surface area contributed by atoms with Crippen molar-refractivity contribution in [1.82, 2.24) is 0 Å². The van der Waals surface area contributed by atoms with Gasteiger partial charge in [0, 0.05) is 6.42 Å². The average molecular weight is 309 g/mol. The number of alkyl halides is 4. The number of rotatable bonds is 4. The maximum atomic E-state index is 12.7. The Kier molecular flexibility index (Phi) is 4.74. The van der Waals surface area contributed by atoms with Crippen molar-refractivity contribution in [1.29, 1.82) is 0 Å². The van der Waals surface area contributed by atoms with Gasteiger partial charge < -0.3 is 0 Å². The summed E-state index contributed by atoms with van der Waals surface area (Å²) >= 11 is 2.99. The predicted octanol–water partition coefficient (Wildman–Crippen LogP) is 3.77. The van der Waals surface area contributed by atoms with Crippen LogP contribution in [-0.4, -0.2) is 11.1 Å². The molecule has 0 aliphatic rings. The molecule has 0 spiro atoms. The van der Waals surface area contributed by atoms with E-state index in [0.717, 1.165) is 6.07 Å². The summed E-state index contributed by atoms with van der Waals surface area (Å²) in [4.78, 5) is 11.2. The molecule has 0 bridgehead atoms. The van der Waals surface area contributed by atoms with E-state index in [4.69, 9.17) is 0 Å². The summed E-state index contributed by atoms with van der Waals surface area (Å²) in [6.07, 6.45) is -4.02. The van der Waals surface area contributed by atoms with Crippen molar-refractivity contribution in [3.63, 3.8) is 0 Å². The zero-order chi connectivity index (χ0) is 13.1. The third-order valence-corrected chi connectivity index (χ3v) is 3.04. The second-order valence-corrected chi connectivity index (χ2v) is 4.25. The van der Waals surface area contributed by atoms with E-state index in [9.17, 15) is 18.0 Å². The first-order valence-corrected chi connectivity index (χ1v) is 6.27. The van der Waals surface area contributed by atoms with Crippen LogP contribution in [0.1, 0.15) is 23.6 Å². The Balaban J connectivity index is 3.09. The van der Waals surface area contributed by atoms with Crippen molar-refractivity contribution in [3.05, 3.63) is 34.9 Å². The van der Waals surface area contributed by atoms with Crippen molar-refractivity contribution >= 4 is 21.7 Å². The van der Waals surface area contributed by atoms with Crippen LogP contribution in [0.15, 0.2) is 18.2 Å². The topological polar surface area (TPSA) is 17.1 Å². The largest absolute Gasteiger partial charge is 0.416 e. The number of hydrogen-bond donors (Lipinski definition) is 0. The molecule has 94 valence electrons. The number of benzene rings is 1. The molecule has 0 heterocycles. The minimum Gasteiger partial charge on any atom is -0.298 e. The number of Topliss-reactive ketones (excluding diaryl/α,β-unsaturated/α-hetero) is 1. The molecule has 1 rings (SSSR count). The number of ketones is 1. The maximum absolute atomic E-state index is 12.7. The fraction of sp³-hybridized carbons (Fsp3) is 0.417. The molecule has 0 aliphatic heterocycles. The Morgan fingerprint density at radius 2 is 2.00 bits per heavy atom. The summed E-state index contributed by atoms with van der Waals surface area (Å²) in [5.41, 5.74) is 0.0198. The minimum atomic E-state index is -4.36. The number of carbonyl (C=O) groups excluding carboxylic acids is 1. The van der Waals surface area contributed by atoms with Gasteiger partial charge in [-0.3, -0.25) is 4.79 Å². The van der Waals surface area contributed by atoms with E-state index >= 15 is 0 Å². The molecule has 17 heavy (non-hydrogen) atoms. The predicted molar refractivity (Wildman–Crippen MR) is 63.3 cm³/mol. The summed E-state index contributed by atoms with van der Waals surface area (Å²) in [7, 11) is 0. The molecule has 0 atom stereocenters. The van der Waals surface area contributed by atoms with Gasteiger partial charge in [-0.05, 0) is 23.6 Å². The highest BCUT2D eigenvalue weighted by molar-refractivity contribution is 9.09. The number of aryl methyl sites for hydroxylation is 1. The standard InChI is InChI=1S/C12H12BrF3O/c1-2-9-4-3-8(5-10(17)7-13)6-11(9)12(14,15)16/h3-4,6H,2,5,7H2,1H3. The zero-order valence-electron chi connectivity index (χ0n) is 9.27. The molecule has 0 saturated carbocycles. The van der Waals surface area contributed by atoms with Gasteiger partial charge in [-0.1, -0.05) is 35.0 Å². The summed E-state index contributed by atoms with van der Waals surface area (Å²) in [6, 6.07) is 4.09. The van der Waals surface area contributed by atoms with Crippen molar-refractivity contribution in [2.45, 2.75) is 25.9 Å². The molecule has 0 radical (unpaired) electrons. The molecular weight excluding hydrogens is 297 g/mol. The van der Waals surface area contributed by atoms with Gasteiger partial charge in [-0.2, -0.15) is 13.2 Å². The second kappa shape index (κ2) is 5.67. The van der Waals surface area contributed by atoms with Crippen LogP contribution in [0.5, 0.6) is 0 Å². The Morgan fingerprint density at radius 1 is 1.35 bits per heavy atom. The van der Waals surface area contributed by atoms with E-state index < -0.39 is 11.7 Å². The molecule has 0 saturated heterocycles. The molecule has 0 fully saturated rings. The van der Waals surface area contributed by atoms with Crippen molar-refractivity contribution < 1.29 is 18.0 Å². The van der Waals surface area contributed by atoms with Gasteiger partial charge >= 0.3 is 6.18 Å². The third kappa shape index (κ3) is 3.84. The lowest BCUT2D eigenvalue weighted by molar-refractivity contribution is -0.138. The van der Waals surface area contributed by atoms with Crippen LogP contribution in [0, 0.1) is 0 Å². The van der Waals surface area contributed by atoms with Crippen LogP contribution < -0.4 is 0 Å². The number of carbonyl (C=O) groups is 1. The molecule has 0 amide bonds. The highest BCUT2D eigenvalue weighted by Crippen LogP contribution is 2.33. The lowest BCUT2D eigenvalue weighted by Gasteiger charge is -2.13. The van der Waals surface area contributed by atoms with Gasteiger partial charge in [0.2, 0.25) is 0 Å². The van der Waals surface area contributed by atoms with Crippen LogP contribution in [0.25, 0.3) is 0 Å². The highest BCUT2D eigenvalue weighted by atomic mass is 79.9. The van der Waals surface area contributed by atoms with E-state index in [1.807, 2.05) is 0 Å². The van der Waals surface area contributed by atoms with Crippen LogP contribution in [-0.2, 0) is 23.8 Å². The first kappa shape index (κ1) is 14.2. The van der Waals surface area contributed by atoms with E-state index in [1.54, 1.807) is 13.0 Å². The molecule has 5 heteroatoms. The molecule has 0 aromatic heterocycles. The zero-order valence-corrected chi connectivity index (χ0v) is 10.9. The smallest absolute Gasteiger partial charge is 0.298 e. The van der Waals surface area contributed by atoms with Gasteiger partial charge in [0.25, 0.3) is 0 Å². The van der Waals surface area contributed by atoms with Crippen LogP contribution in [0.2, 0.25) is 0 Å². The Bertz CT molecular complexity index is 413. The Hall–Kier alpha value is -0.840. The van der Waals surface area contributed by atoms with Gasteiger partial charge in [-0.25, -0.2) is 0 Å². The average Bonchev–Trinajstić information content (AvgIpc) is 2.27. The van der Waals surface area contributed by atoms with Crippen molar-refractivity contribution in [2.75, 3.05) is 5.33 Å². The third-order valence-electron chi connectivity index (χ3n) is 2.41. The molecule has 1 aromatic carbocycles. The minimum absolute atomic E-state index is 0.0261. The fourth-order valence-electron chi connectivity index (χ4n) is 1.58. The number of halogens is 4. The lowest BCUT2D eigenvalue weighted by Crippen LogP contribution is -2.11. The maximum Gasteiger partial charge on any atom is 0.416 e. The molecule has 0 unspecified atom stereocenters. The fourth-order valence-corrected chi connectivity index (χ4v) is 1.78. The molecule has 1 nitrogen and oxygen atoms in total. The summed E-state index contributed by atoms with van der Waals surface area (Å²) in [5, 5.41) is 0.157. The normalized spacial score (nSPS) is 11.6. The van der Waals surface area contributed by atoms with E-state index in [0.29, 0.717) is 12.0 Å². The number of hydrogen-bond acceptors (Lipinski definition) is 1. The highest BCUT2D eigenvalue weighted by Gasteiger charge is 2.33. The van der Waals surface area contributed by atoms with E-state index in [2.05, 4.69) is 15.9 Å². The summed E-state index contributed by atoms with van der Waals surface area (Å²) in [5.74, 6) is -0.137. The molecule has 0 aliphatic carbocycles. The van der Waals surface area contributed by atoms with Crippen molar-refractivity contribution in [3.8, 4) is 0 Å². The van der Waals surface area contributed by atoms with E-state index in [1.165, 1.54) is 6.07 Å². The second-order valence-electron chi connectivity index (χ2n) is 3.69. The van der Waals surface area contributed by atoms with Gasteiger partial charge in [0.1, 0.15) is 5.78 Å². The van der Waals surface area contributed by atoms with Gasteiger partial charge in [0.15, 0.2) is 0 Å². The van der Waals surface area contributed by atoms with Gasteiger partial charge in [0.05, 0.1) is 10.9 Å². The molecule has 0 N–H and O–H groups in total. The first-order valence-electron chi connectivity index (χ1n) is 5.15. The lowest BCUT2D eigenvalue weighted by atomic mass is 9.99. The SMILES string of the molecule is CCc1ccc(CC(=O)CBr)cc1C(F)(F)F.